The standard InChI is InChI=1S/C13H16F3NO5S/c1-9-5-6-11(22-23(18,19)13(14,15)16)10(17-9)8-21-12-4-2-3-7-20-12/h5-6,12H,2-4,7-8H2,1H3. The molecule has 0 saturated carbocycles. The lowest BCUT2D eigenvalue weighted by Crippen LogP contribution is -2.28. The van der Waals surface area contributed by atoms with Crippen LogP contribution in [0.25, 0.3) is 0 Å². The van der Waals surface area contributed by atoms with Gasteiger partial charge in [-0.3, -0.25) is 4.98 Å². The Kier molecular flexibility index (Phi) is 5.48. The summed E-state index contributed by atoms with van der Waals surface area (Å²) in [5, 5.41) is 0. The average molecular weight is 355 g/mol. The quantitative estimate of drug-likeness (QED) is 0.597. The Balaban J connectivity index is 2.14. The molecule has 2 rings (SSSR count). The van der Waals surface area contributed by atoms with Gasteiger partial charge in [0, 0.05) is 12.3 Å². The molecule has 6 nitrogen and oxygen atoms in total. The zero-order valence-electron chi connectivity index (χ0n) is 12.3. The van der Waals surface area contributed by atoms with E-state index in [9.17, 15) is 21.6 Å². The maximum absolute atomic E-state index is 12.4. The molecule has 0 aromatic carbocycles. The number of nitrogens with zero attached hydrogens (tertiary/aromatic N) is 1. The van der Waals surface area contributed by atoms with Crippen molar-refractivity contribution in [3.8, 4) is 5.75 Å². The lowest BCUT2D eigenvalue weighted by Gasteiger charge is -2.23. The minimum atomic E-state index is -5.76. The third-order valence-electron chi connectivity index (χ3n) is 3.10. The maximum Gasteiger partial charge on any atom is 0.534 e. The first-order valence-electron chi connectivity index (χ1n) is 6.89. The summed E-state index contributed by atoms with van der Waals surface area (Å²) in [5.74, 6) is -0.510. The van der Waals surface area contributed by atoms with Crippen molar-refractivity contribution >= 4 is 10.1 Å². The van der Waals surface area contributed by atoms with Crippen LogP contribution in [0.1, 0.15) is 30.7 Å². The first-order chi connectivity index (χ1) is 10.7. The molecule has 1 fully saturated rings. The van der Waals surface area contributed by atoms with E-state index in [2.05, 4.69) is 9.17 Å². The molecule has 2 heterocycles. The number of aryl methyl sites for hydroxylation is 1. The molecule has 130 valence electrons. The van der Waals surface area contributed by atoms with Gasteiger partial charge in [0.1, 0.15) is 5.69 Å². The number of alkyl halides is 3. The summed E-state index contributed by atoms with van der Waals surface area (Å²) in [7, 11) is -5.76. The summed E-state index contributed by atoms with van der Waals surface area (Å²) in [6, 6.07) is 2.47. The molecule has 10 heteroatoms. The highest BCUT2D eigenvalue weighted by Gasteiger charge is 2.48. The summed E-state index contributed by atoms with van der Waals surface area (Å²) in [5.41, 5.74) is -5.06. The van der Waals surface area contributed by atoms with E-state index in [1.807, 2.05) is 0 Å². The number of hydrogen-bond donors (Lipinski definition) is 0. The van der Waals surface area contributed by atoms with E-state index in [0.29, 0.717) is 18.7 Å². The summed E-state index contributed by atoms with van der Waals surface area (Å²) in [6.45, 7) is 1.94. The molecule has 0 amide bonds. The maximum atomic E-state index is 12.4. The minimum Gasteiger partial charge on any atom is -0.374 e. The van der Waals surface area contributed by atoms with E-state index in [-0.39, 0.29) is 12.3 Å². The minimum absolute atomic E-state index is 0.0352. The number of aromatic nitrogens is 1. The Labute approximate surface area is 131 Å². The summed E-state index contributed by atoms with van der Waals surface area (Å²) in [4.78, 5) is 3.99. The van der Waals surface area contributed by atoms with Crippen LogP contribution in [0.2, 0.25) is 0 Å². The number of rotatable bonds is 5. The smallest absolute Gasteiger partial charge is 0.374 e. The largest absolute Gasteiger partial charge is 0.534 e. The van der Waals surface area contributed by atoms with Gasteiger partial charge in [-0.1, -0.05) is 0 Å². The van der Waals surface area contributed by atoms with E-state index in [0.717, 1.165) is 18.9 Å². The van der Waals surface area contributed by atoms with E-state index in [1.165, 1.54) is 6.07 Å². The van der Waals surface area contributed by atoms with Crippen molar-refractivity contribution in [3.63, 3.8) is 0 Å². The average Bonchev–Trinajstić information content (AvgIpc) is 2.47. The summed E-state index contributed by atoms with van der Waals surface area (Å²) >= 11 is 0. The van der Waals surface area contributed by atoms with Crippen LogP contribution >= 0.6 is 0 Å². The van der Waals surface area contributed by atoms with Crippen molar-refractivity contribution in [3.05, 3.63) is 23.5 Å². The second-order valence-electron chi connectivity index (χ2n) is 4.99. The second kappa shape index (κ2) is 7.02. The van der Waals surface area contributed by atoms with Gasteiger partial charge in [0.2, 0.25) is 0 Å². The lowest BCUT2D eigenvalue weighted by atomic mass is 10.2. The predicted molar refractivity (Wildman–Crippen MR) is 73.0 cm³/mol. The first-order valence-corrected chi connectivity index (χ1v) is 8.30. The Bertz CT molecular complexity index is 642. The van der Waals surface area contributed by atoms with Crippen molar-refractivity contribution in [1.29, 1.82) is 0 Å². The van der Waals surface area contributed by atoms with Gasteiger partial charge in [-0.05, 0) is 38.3 Å². The van der Waals surface area contributed by atoms with E-state index >= 15 is 0 Å². The molecule has 0 aliphatic carbocycles. The fourth-order valence-electron chi connectivity index (χ4n) is 1.96. The van der Waals surface area contributed by atoms with Gasteiger partial charge in [0.15, 0.2) is 12.0 Å². The van der Waals surface area contributed by atoms with Gasteiger partial charge in [-0.25, -0.2) is 0 Å². The normalized spacial score (nSPS) is 19.6. The molecule has 0 spiro atoms. The zero-order chi connectivity index (χ0) is 17.1. The van der Waals surface area contributed by atoms with Gasteiger partial charge in [0.25, 0.3) is 0 Å². The van der Waals surface area contributed by atoms with Gasteiger partial charge in [0.05, 0.1) is 6.61 Å². The first kappa shape index (κ1) is 18.0. The van der Waals surface area contributed by atoms with Crippen molar-refractivity contribution < 1.29 is 35.2 Å². The summed E-state index contributed by atoms with van der Waals surface area (Å²) in [6.07, 6.45) is 2.00. The van der Waals surface area contributed by atoms with Gasteiger partial charge >= 0.3 is 15.6 Å². The molecule has 1 aromatic heterocycles. The molecule has 0 bridgehead atoms. The van der Waals surface area contributed by atoms with E-state index in [1.54, 1.807) is 6.92 Å². The zero-order valence-corrected chi connectivity index (χ0v) is 13.1. The Morgan fingerprint density at radius 3 is 2.70 bits per heavy atom. The van der Waals surface area contributed by atoms with Crippen LogP contribution in [0.15, 0.2) is 12.1 Å². The highest BCUT2D eigenvalue weighted by molar-refractivity contribution is 7.88. The number of halogens is 3. The molecule has 1 aromatic rings. The van der Waals surface area contributed by atoms with Crippen LogP contribution in [0.5, 0.6) is 5.75 Å². The van der Waals surface area contributed by atoms with Crippen molar-refractivity contribution in [2.45, 2.75) is 44.6 Å². The molecule has 1 atom stereocenters. The molecule has 23 heavy (non-hydrogen) atoms. The molecule has 1 unspecified atom stereocenters. The van der Waals surface area contributed by atoms with Crippen LogP contribution in [0.4, 0.5) is 13.2 Å². The lowest BCUT2D eigenvalue weighted by molar-refractivity contribution is -0.169. The van der Waals surface area contributed by atoms with Crippen LogP contribution < -0.4 is 4.18 Å². The van der Waals surface area contributed by atoms with Crippen LogP contribution in [-0.4, -0.2) is 31.8 Å². The second-order valence-corrected chi connectivity index (χ2v) is 6.53. The van der Waals surface area contributed by atoms with Gasteiger partial charge in [-0.15, -0.1) is 0 Å². The number of pyridine rings is 1. The van der Waals surface area contributed by atoms with Crippen molar-refractivity contribution in [2.24, 2.45) is 0 Å². The summed E-state index contributed by atoms with van der Waals surface area (Å²) < 4.78 is 74.4. The van der Waals surface area contributed by atoms with Crippen LogP contribution in [0, 0.1) is 6.92 Å². The molecule has 1 aliphatic rings. The van der Waals surface area contributed by atoms with Gasteiger partial charge < -0.3 is 13.7 Å². The topological polar surface area (TPSA) is 74.7 Å². The van der Waals surface area contributed by atoms with Crippen molar-refractivity contribution in [1.82, 2.24) is 4.98 Å². The van der Waals surface area contributed by atoms with Crippen LogP contribution in [-0.2, 0) is 26.2 Å². The highest BCUT2D eigenvalue weighted by Crippen LogP contribution is 2.29. The fourth-order valence-corrected chi connectivity index (χ4v) is 2.44. The van der Waals surface area contributed by atoms with E-state index < -0.39 is 27.7 Å². The number of ether oxygens (including phenoxy) is 2. The molecule has 1 aliphatic heterocycles. The Morgan fingerprint density at radius 1 is 1.35 bits per heavy atom. The highest BCUT2D eigenvalue weighted by atomic mass is 32.2. The molecule has 0 radical (unpaired) electrons. The van der Waals surface area contributed by atoms with Gasteiger partial charge in [-0.2, -0.15) is 21.6 Å². The monoisotopic (exact) mass is 355 g/mol. The molecule has 0 N–H and O–H groups in total. The predicted octanol–water partition coefficient (Wildman–Crippen LogP) is 2.66. The molecular formula is C13H16F3NO5S. The number of hydrogen-bond acceptors (Lipinski definition) is 6. The Morgan fingerprint density at radius 2 is 2.09 bits per heavy atom. The third kappa shape index (κ3) is 4.79. The fraction of sp³-hybridized carbons (Fsp3) is 0.615. The van der Waals surface area contributed by atoms with Crippen LogP contribution in [0.3, 0.4) is 0 Å². The molecule has 1 saturated heterocycles. The van der Waals surface area contributed by atoms with Crippen molar-refractivity contribution in [2.75, 3.05) is 6.61 Å². The third-order valence-corrected chi connectivity index (χ3v) is 4.06. The van der Waals surface area contributed by atoms with E-state index in [4.69, 9.17) is 9.47 Å². The Hall–Kier alpha value is -1.39. The molecular weight excluding hydrogens is 339 g/mol. The SMILES string of the molecule is Cc1ccc(OS(=O)(=O)C(F)(F)F)c(COC2CCCCO2)n1.